The first-order valence-corrected chi connectivity index (χ1v) is 10.8. The molecule has 6 nitrogen and oxygen atoms in total. The van der Waals surface area contributed by atoms with Crippen molar-refractivity contribution in [3.8, 4) is 5.75 Å². The maximum atomic E-state index is 11.3. The average molecular weight is 399 g/mol. The number of thiophene rings is 1. The van der Waals surface area contributed by atoms with Crippen molar-refractivity contribution in [2.75, 3.05) is 39.3 Å². The van der Waals surface area contributed by atoms with Gasteiger partial charge in [0.1, 0.15) is 5.75 Å². The summed E-state index contributed by atoms with van der Waals surface area (Å²) < 4.78 is 29.8. The lowest BCUT2D eigenvalue weighted by Crippen LogP contribution is -2.30. The maximum absolute atomic E-state index is 11.3. The first-order valence-electron chi connectivity index (χ1n) is 8.94. The molecule has 0 saturated carbocycles. The van der Waals surface area contributed by atoms with Crippen LogP contribution in [-0.4, -0.2) is 53.0 Å². The highest BCUT2D eigenvalue weighted by molar-refractivity contribution is 7.82. The fourth-order valence-corrected chi connectivity index (χ4v) is 4.69. The van der Waals surface area contributed by atoms with E-state index in [1.165, 1.54) is 11.3 Å². The SMILES string of the molecule is Cc1c(S(=O)[O-])sc2ccc(OCCCN(CCCN)CCCN)cc12. The Hall–Kier alpha value is -1.03. The summed E-state index contributed by atoms with van der Waals surface area (Å²) >= 11 is -0.901. The van der Waals surface area contributed by atoms with E-state index in [0.717, 1.165) is 60.3 Å². The second kappa shape index (κ2) is 11.0. The minimum Gasteiger partial charge on any atom is -0.768 e. The van der Waals surface area contributed by atoms with E-state index in [-0.39, 0.29) is 0 Å². The highest BCUT2D eigenvalue weighted by Gasteiger charge is 2.10. The van der Waals surface area contributed by atoms with E-state index in [9.17, 15) is 8.76 Å². The second-order valence-electron chi connectivity index (χ2n) is 6.24. The van der Waals surface area contributed by atoms with Gasteiger partial charge >= 0.3 is 0 Å². The molecule has 8 heteroatoms. The summed E-state index contributed by atoms with van der Waals surface area (Å²) in [7, 11) is 0. The van der Waals surface area contributed by atoms with Gasteiger partial charge in [-0.3, -0.25) is 4.21 Å². The molecule has 0 aliphatic carbocycles. The normalized spacial score (nSPS) is 12.8. The molecule has 0 spiro atoms. The molecule has 0 aliphatic heterocycles. The highest BCUT2D eigenvalue weighted by atomic mass is 32.2. The summed E-state index contributed by atoms with van der Waals surface area (Å²) in [5, 5.41) is 0.944. The van der Waals surface area contributed by atoms with Crippen molar-refractivity contribution in [3.63, 3.8) is 0 Å². The molecule has 4 N–H and O–H groups in total. The van der Waals surface area contributed by atoms with Crippen LogP contribution in [0.1, 0.15) is 24.8 Å². The molecule has 0 radical (unpaired) electrons. The molecule has 1 unspecified atom stereocenters. The summed E-state index contributed by atoms with van der Waals surface area (Å²) in [5.74, 6) is 0.775. The summed E-state index contributed by atoms with van der Waals surface area (Å²) in [6.07, 6.45) is 2.90. The van der Waals surface area contributed by atoms with Gasteiger partial charge < -0.3 is 25.7 Å². The summed E-state index contributed by atoms with van der Waals surface area (Å²) in [5.41, 5.74) is 12.0. The third-order valence-corrected chi connectivity index (χ3v) is 6.59. The number of nitrogens with zero attached hydrogens (tertiary/aromatic N) is 1. The molecule has 0 bridgehead atoms. The van der Waals surface area contributed by atoms with Gasteiger partial charge in [0.05, 0.1) is 10.8 Å². The Morgan fingerprint density at radius 2 is 1.81 bits per heavy atom. The lowest BCUT2D eigenvalue weighted by atomic mass is 10.2. The number of aryl methyl sites for hydroxylation is 1. The van der Waals surface area contributed by atoms with Crippen LogP contribution in [0.5, 0.6) is 5.75 Å². The molecule has 1 heterocycles. The van der Waals surface area contributed by atoms with Gasteiger partial charge in [0.15, 0.2) is 0 Å². The Morgan fingerprint density at radius 3 is 2.42 bits per heavy atom. The van der Waals surface area contributed by atoms with Crippen LogP contribution >= 0.6 is 11.3 Å². The van der Waals surface area contributed by atoms with Crippen molar-refractivity contribution in [2.24, 2.45) is 11.5 Å². The predicted molar refractivity (Wildman–Crippen MR) is 108 cm³/mol. The lowest BCUT2D eigenvalue weighted by molar-refractivity contribution is 0.232. The van der Waals surface area contributed by atoms with Gasteiger partial charge in [-0.25, -0.2) is 0 Å². The van der Waals surface area contributed by atoms with Crippen LogP contribution in [0.3, 0.4) is 0 Å². The van der Waals surface area contributed by atoms with Gasteiger partial charge in [-0.05, 0) is 87.2 Å². The van der Waals surface area contributed by atoms with Crippen molar-refractivity contribution >= 4 is 32.5 Å². The molecule has 2 rings (SSSR count). The van der Waals surface area contributed by atoms with Crippen molar-refractivity contribution in [1.82, 2.24) is 4.90 Å². The molecule has 0 aliphatic rings. The fraction of sp³-hybridized carbons (Fsp3) is 0.556. The quantitative estimate of drug-likeness (QED) is 0.420. The molecule has 146 valence electrons. The van der Waals surface area contributed by atoms with E-state index < -0.39 is 11.1 Å². The average Bonchev–Trinajstić information content (AvgIpc) is 2.97. The smallest absolute Gasteiger partial charge is 0.119 e. The van der Waals surface area contributed by atoms with E-state index in [4.69, 9.17) is 16.2 Å². The zero-order valence-electron chi connectivity index (χ0n) is 15.2. The number of hydrogen-bond acceptors (Lipinski definition) is 7. The molecule has 0 fully saturated rings. The van der Waals surface area contributed by atoms with Crippen LogP contribution in [0.25, 0.3) is 10.1 Å². The minimum atomic E-state index is -2.19. The van der Waals surface area contributed by atoms with E-state index in [2.05, 4.69) is 4.90 Å². The molecule has 1 aromatic carbocycles. The Morgan fingerprint density at radius 1 is 1.15 bits per heavy atom. The number of nitrogens with two attached hydrogens (primary N) is 2. The van der Waals surface area contributed by atoms with Crippen LogP contribution in [-0.2, 0) is 11.1 Å². The lowest BCUT2D eigenvalue weighted by Gasteiger charge is -2.21. The summed E-state index contributed by atoms with van der Waals surface area (Å²) in [6, 6.07) is 5.75. The first-order chi connectivity index (χ1) is 12.6. The number of rotatable bonds is 12. The zero-order chi connectivity index (χ0) is 18.9. The highest BCUT2D eigenvalue weighted by Crippen LogP contribution is 2.34. The van der Waals surface area contributed by atoms with Gasteiger partial charge in [0, 0.05) is 16.6 Å². The van der Waals surface area contributed by atoms with Gasteiger partial charge in [-0.2, -0.15) is 0 Å². The minimum absolute atomic E-state index is 0.396. The van der Waals surface area contributed by atoms with Crippen LogP contribution in [0.15, 0.2) is 22.4 Å². The van der Waals surface area contributed by atoms with Gasteiger partial charge in [-0.15, -0.1) is 11.3 Å². The van der Waals surface area contributed by atoms with Crippen LogP contribution < -0.4 is 16.2 Å². The third kappa shape index (κ3) is 6.00. The van der Waals surface area contributed by atoms with Gasteiger partial charge in [0.2, 0.25) is 0 Å². The topological polar surface area (TPSA) is 105 Å². The van der Waals surface area contributed by atoms with Crippen molar-refractivity contribution in [3.05, 3.63) is 23.8 Å². The molecule has 0 saturated heterocycles. The largest absolute Gasteiger partial charge is 0.768 e. The monoisotopic (exact) mass is 398 g/mol. The van der Waals surface area contributed by atoms with Crippen molar-refractivity contribution in [2.45, 2.75) is 30.4 Å². The molecular formula is C18H28N3O3S2-. The number of benzene rings is 1. The fourth-order valence-electron chi connectivity index (χ4n) is 2.87. The van der Waals surface area contributed by atoms with E-state index in [0.29, 0.717) is 23.9 Å². The molecule has 0 amide bonds. The Balaban J connectivity index is 1.88. The predicted octanol–water partition coefficient (Wildman–Crippen LogP) is 2.22. The van der Waals surface area contributed by atoms with Gasteiger partial charge in [-0.1, -0.05) is 0 Å². The Kier molecular flexibility index (Phi) is 8.97. The van der Waals surface area contributed by atoms with Gasteiger partial charge in [0.25, 0.3) is 0 Å². The van der Waals surface area contributed by atoms with Crippen LogP contribution in [0, 0.1) is 6.92 Å². The standard InChI is InChI=1S/C18H29N3O3S2/c1-14-16-13-15(5-6-17(16)25-18(14)26(22)23)24-12-4-11-21(9-2-7-19)10-3-8-20/h5-6,13H,2-4,7-12,19-20H2,1H3,(H,22,23)/p-1. The number of hydrogen-bond donors (Lipinski definition) is 2. The molecule has 2 aromatic rings. The van der Waals surface area contributed by atoms with Crippen molar-refractivity contribution in [1.29, 1.82) is 0 Å². The number of ether oxygens (including phenoxy) is 1. The Labute approximate surface area is 161 Å². The third-order valence-electron chi connectivity index (χ3n) is 4.26. The van der Waals surface area contributed by atoms with E-state index >= 15 is 0 Å². The van der Waals surface area contributed by atoms with Crippen LogP contribution in [0.4, 0.5) is 0 Å². The number of fused-ring (bicyclic) bond motifs is 1. The first kappa shape index (κ1) is 21.3. The zero-order valence-corrected chi connectivity index (χ0v) is 16.9. The van der Waals surface area contributed by atoms with Crippen LogP contribution in [0.2, 0.25) is 0 Å². The van der Waals surface area contributed by atoms with Crippen molar-refractivity contribution < 1.29 is 13.5 Å². The van der Waals surface area contributed by atoms with E-state index in [1.54, 1.807) is 0 Å². The summed E-state index contributed by atoms with van der Waals surface area (Å²) in [6.45, 7) is 6.80. The molecule has 1 aromatic heterocycles. The second-order valence-corrected chi connectivity index (χ2v) is 8.42. The molecule has 1 atom stereocenters. The Bertz CT molecular complexity index is 713. The molecular weight excluding hydrogens is 370 g/mol. The summed E-state index contributed by atoms with van der Waals surface area (Å²) in [4.78, 5) is 2.38. The molecule has 26 heavy (non-hydrogen) atoms. The maximum Gasteiger partial charge on any atom is 0.119 e. The van der Waals surface area contributed by atoms with E-state index in [1.807, 2.05) is 25.1 Å².